The predicted molar refractivity (Wildman–Crippen MR) is 105 cm³/mol. The monoisotopic (exact) mass is 434 g/mol. The molecular weight excluding hydrogens is 411 g/mol. The van der Waals surface area contributed by atoms with E-state index >= 15 is 0 Å². The molecule has 0 saturated heterocycles. The molecule has 0 aliphatic heterocycles. The molecule has 0 bridgehead atoms. The Morgan fingerprint density at radius 2 is 2.08 bits per heavy atom. The normalized spacial score (nSPS) is 15.6. The molecule has 24 heavy (non-hydrogen) atoms. The average molecular weight is 435 g/mol. The lowest BCUT2D eigenvalue weighted by molar-refractivity contribution is 0.589. The lowest BCUT2D eigenvalue weighted by Gasteiger charge is -2.29. The number of nitrogens with two attached hydrogens (primary N) is 1. The van der Waals surface area contributed by atoms with Crippen LogP contribution in [0.5, 0.6) is 0 Å². The molecule has 0 aliphatic carbocycles. The van der Waals surface area contributed by atoms with Gasteiger partial charge in [-0.2, -0.15) is 5.26 Å². The summed E-state index contributed by atoms with van der Waals surface area (Å²) in [5.41, 5.74) is 5.87. The fourth-order valence-electron chi connectivity index (χ4n) is 1.82. The van der Waals surface area contributed by atoms with Crippen molar-refractivity contribution in [2.45, 2.75) is 55.4 Å². The van der Waals surface area contributed by atoms with Crippen LogP contribution in [0.2, 0.25) is 0 Å². The molecule has 2 unspecified atom stereocenters. The SMILES string of the molecule is CC(C)(C)SNC(SC(C)(C#N)CCCN)c1nc(Br)ccc1F. The van der Waals surface area contributed by atoms with Crippen molar-refractivity contribution in [3.8, 4) is 6.07 Å². The van der Waals surface area contributed by atoms with Crippen LogP contribution < -0.4 is 10.5 Å². The van der Waals surface area contributed by atoms with Gasteiger partial charge >= 0.3 is 0 Å². The van der Waals surface area contributed by atoms with Crippen molar-refractivity contribution in [2.75, 3.05) is 6.54 Å². The van der Waals surface area contributed by atoms with E-state index in [2.05, 4.69) is 52.5 Å². The van der Waals surface area contributed by atoms with E-state index in [0.717, 1.165) is 6.42 Å². The van der Waals surface area contributed by atoms with Crippen LogP contribution in [0.4, 0.5) is 4.39 Å². The zero-order valence-electron chi connectivity index (χ0n) is 14.4. The summed E-state index contributed by atoms with van der Waals surface area (Å²) in [6, 6.07) is 5.29. The lowest BCUT2D eigenvalue weighted by Crippen LogP contribution is -2.28. The van der Waals surface area contributed by atoms with Crippen molar-refractivity contribution in [3.63, 3.8) is 0 Å². The second-order valence-electron chi connectivity index (χ2n) is 6.57. The third-order valence-electron chi connectivity index (χ3n) is 3.03. The molecule has 2 atom stereocenters. The van der Waals surface area contributed by atoms with Gasteiger partial charge in [-0.3, -0.25) is 0 Å². The molecule has 1 rings (SSSR count). The fourth-order valence-corrected chi connectivity index (χ4v) is 4.17. The van der Waals surface area contributed by atoms with Gasteiger partial charge < -0.3 is 5.73 Å². The van der Waals surface area contributed by atoms with E-state index in [4.69, 9.17) is 5.73 Å². The number of halogens is 2. The van der Waals surface area contributed by atoms with E-state index in [-0.39, 0.29) is 4.75 Å². The summed E-state index contributed by atoms with van der Waals surface area (Å²) >= 11 is 6.17. The smallest absolute Gasteiger partial charge is 0.147 e. The summed E-state index contributed by atoms with van der Waals surface area (Å²) < 4.78 is 17.4. The van der Waals surface area contributed by atoms with Crippen LogP contribution in [0, 0.1) is 17.1 Å². The zero-order valence-corrected chi connectivity index (χ0v) is 17.6. The van der Waals surface area contributed by atoms with Gasteiger partial charge in [-0.25, -0.2) is 14.1 Å². The highest BCUT2D eigenvalue weighted by Gasteiger charge is 2.32. The standard InChI is InChI=1S/C16H24BrFN4S2/c1-15(2,3)24-22-14(13-11(18)6-7-12(17)21-13)23-16(4,10-20)8-5-9-19/h6-7,14,22H,5,8-9,19H2,1-4H3. The van der Waals surface area contributed by atoms with Crippen LogP contribution in [-0.2, 0) is 0 Å². The molecule has 0 saturated carbocycles. The highest BCUT2D eigenvalue weighted by Crippen LogP contribution is 2.42. The van der Waals surface area contributed by atoms with E-state index in [1.165, 1.54) is 29.8 Å². The van der Waals surface area contributed by atoms with Gasteiger partial charge in [-0.15, -0.1) is 11.8 Å². The minimum Gasteiger partial charge on any atom is -0.330 e. The van der Waals surface area contributed by atoms with Gasteiger partial charge in [0.2, 0.25) is 0 Å². The van der Waals surface area contributed by atoms with Crippen molar-refractivity contribution in [1.29, 1.82) is 5.26 Å². The summed E-state index contributed by atoms with van der Waals surface area (Å²) in [6.07, 6.45) is 1.38. The number of nitriles is 1. The Morgan fingerprint density at radius 3 is 2.62 bits per heavy atom. The van der Waals surface area contributed by atoms with Crippen LogP contribution >= 0.6 is 39.6 Å². The molecule has 1 aromatic heterocycles. The zero-order chi connectivity index (χ0) is 18.4. The second kappa shape index (κ2) is 9.39. The fraction of sp³-hybridized carbons (Fsp3) is 0.625. The van der Waals surface area contributed by atoms with Crippen molar-refractivity contribution in [3.05, 3.63) is 28.2 Å². The first-order chi connectivity index (χ1) is 11.1. The lowest BCUT2D eigenvalue weighted by atomic mass is 10.1. The number of pyridine rings is 1. The summed E-state index contributed by atoms with van der Waals surface area (Å²) in [5, 5.41) is 9.14. The van der Waals surface area contributed by atoms with Crippen molar-refractivity contribution in [2.24, 2.45) is 5.73 Å². The maximum Gasteiger partial charge on any atom is 0.147 e. The van der Waals surface area contributed by atoms with Gasteiger partial charge in [0.05, 0.1) is 6.07 Å². The molecule has 0 aliphatic rings. The first kappa shape index (κ1) is 21.7. The third-order valence-corrected chi connectivity index (χ3v) is 5.98. The van der Waals surface area contributed by atoms with E-state index in [1.54, 1.807) is 6.07 Å². The molecule has 0 amide bonds. The maximum absolute atomic E-state index is 14.3. The van der Waals surface area contributed by atoms with Crippen LogP contribution in [0.15, 0.2) is 16.7 Å². The highest BCUT2D eigenvalue weighted by atomic mass is 79.9. The number of aromatic nitrogens is 1. The largest absolute Gasteiger partial charge is 0.330 e. The number of nitrogens with zero attached hydrogens (tertiary/aromatic N) is 2. The summed E-state index contributed by atoms with van der Waals surface area (Å²) in [6.45, 7) is 8.58. The van der Waals surface area contributed by atoms with Gasteiger partial charge in [0.25, 0.3) is 0 Å². The Balaban J connectivity index is 3.09. The molecule has 8 heteroatoms. The topological polar surface area (TPSA) is 74.7 Å². The number of hydrogen-bond donors (Lipinski definition) is 2. The molecule has 0 radical (unpaired) electrons. The number of thioether (sulfide) groups is 1. The second-order valence-corrected chi connectivity index (χ2v) is 10.7. The maximum atomic E-state index is 14.3. The van der Waals surface area contributed by atoms with Crippen molar-refractivity contribution < 1.29 is 4.39 Å². The summed E-state index contributed by atoms with van der Waals surface area (Å²) in [4.78, 5) is 4.28. The molecule has 4 nitrogen and oxygen atoms in total. The molecule has 1 heterocycles. The average Bonchev–Trinajstić information content (AvgIpc) is 2.51. The van der Waals surface area contributed by atoms with Gasteiger partial charge in [0.15, 0.2) is 0 Å². The molecule has 134 valence electrons. The number of nitrogens with one attached hydrogen (secondary N) is 1. The van der Waals surface area contributed by atoms with Crippen LogP contribution in [0.3, 0.4) is 0 Å². The van der Waals surface area contributed by atoms with E-state index in [0.29, 0.717) is 23.3 Å². The number of hydrogen-bond acceptors (Lipinski definition) is 6. The molecule has 0 aromatic carbocycles. The van der Waals surface area contributed by atoms with Crippen LogP contribution in [0.25, 0.3) is 0 Å². The first-order valence-electron chi connectivity index (χ1n) is 7.65. The number of rotatable bonds is 8. The third kappa shape index (κ3) is 7.28. The van der Waals surface area contributed by atoms with Gasteiger partial charge in [0.1, 0.15) is 26.2 Å². The van der Waals surface area contributed by atoms with Crippen LogP contribution in [-0.4, -0.2) is 21.0 Å². The molecule has 1 aromatic rings. The molecule has 3 N–H and O–H groups in total. The Kier molecular flexibility index (Phi) is 8.50. The summed E-state index contributed by atoms with van der Waals surface area (Å²) in [5.74, 6) is -0.392. The Hall–Kier alpha value is -0.330. The van der Waals surface area contributed by atoms with Gasteiger partial charge in [0, 0.05) is 4.75 Å². The van der Waals surface area contributed by atoms with E-state index in [9.17, 15) is 9.65 Å². The quantitative estimate of drug-likeness (QED) is 0.348. The van der Waals surface area contributed by atoms with Crippen molar-refractivity contribution >= 4 is 39.6 Å². The minimum absolute atomic E-state index is 0.0540. The predicted octanol–water partition coefficient (Wildman–Crippen LogP) is 4.77. The van der Waals surface area contributed by atoms with Crippen molar-refractivity contribution in [1.82, 2.24) is 9.71 Å². The Bertz CT molecular complexity index is 588. The first-order valence-corrected chi connectivity index (χ1v) is 10.1. The molecule has 0 fully saturated rings. The molecule has 0 spiro atoms. The Labute approximate surface area is 160 Å². The highest BCUT2D eigenvalue weighted by molar-refractivity contribution is 9.10. The van der Waals surface area contributed by atoms with E-state index in [1.807, 2.05) is 6.92 Å². The van der Waals surface area contributed by atoms with Crippen LogP contribution in [0.1, 0.15) is 51.6 Å². The minimum atomic E-state index is -0.675. The van der Waals surface area contributed by atoms with E-state index < -0.39 is 15.9 Å². The van der Waals surface area contributed by atoms with Gasteiger partial charge in [-0.1, -0.05) is 11.9 Å². The Morgan fingerprint density at radius 1 is 1.42 bits per heavy atom. The summed E-state index contributed by atoms with van der Waals surface area (Å²) in [7, 11) is 0. The van der Waals surface area contributed by atoms with Gasteiger partial charge in [-0.05, 0) is 75.1 Å². The molecular formula is C16H24BrFN4S2.